The molecule has 1 N–H and O–H groups in total. The van der Waals surface area contributed by atoms with Gasteiger partial charge in [0.1, 0.15) is 0 Å². The lowest BCUT2D eigenvalue weighted by molar-refractivity contribution is -0.0554. The number of fused-ring (bicyclic) bond motifs is 1. The number of nitrogens with zero attached hydrogens (tertiary/aromatic N) is 4. The predicted octanol–water partition coefficient (Wildman–Crippen LogP) is 3.32. The zero-order chi connectivity index (χ0) is 24.7. The first-order valence-corrected chi connectivity index (χ1v) is 13.8. The Balaban J connectivity index is 1.44. The lowest BCUT2D eigenvalue weighted by Crippen LogP contribution is -2.67. The number of aliphatic hydroxyl groups is 1. The van der Waals surface area contributed by atoms with E-state index in [1.165, 1.54) is 33.1 Å². The highest BCUT2D eigenvalue weighted by Crippen LogP contribution is 2.43. The topological polar surface area (TPSA) is 78.7 Å². The number of aryl methyl sites for hydroxylation is 2. The summed E-state index contributed by atoms with van der Waals surface area (Å²) in [5.74, 6) is 0.0787. The summed E-state index contributed by atoms with van der Waals surface area (Å²) in [6.45, 7) is 6.13. The maximum absolute atomic E-state index is 13.5. The number of aromatic nitrogens is 2. The standard InChI is InChI=1S/C27H34N4O3S/c1-19-7-6-8-23(20(19)2)21-9-11-22(12-10-21)27-24-17-30(15-4-5-16-31(24)25(27)18-32)35(33,34)26-13-14-28-29(26)3/h6-14,24-25,27,32H,4-5,15-18H2,1-3H3/t24-,25+,27-/m0/s1. The maximum Gasteiger partial charge on any atom is 0.260 e. The van der Waals surface area contributed by atoms with E-state index in [4.69, 9.17) is 0 Å². The lowest BCUT2D eigenvalue weighted by atomic mass is 9.74. The van der Waals surface area contributed by atoms with Crippen molar-refractivity contribution in [2.45, 2.75) is 49.7 Å². The third-order valence-electron chi connectivity index (χ3n) is 7.92. The van der Waals surface area contributed by atoms with Gasteiger partial charge in [-0.25, -0.2) is 8.42 Å². The van der Waals surface area contributed by atoms with Crippen LogP contribution in [0.4, 0.5) is 0 Å². The molecule has 35 heavy (non-hydrogen) atoms. The molecule has 3 aromatic rings. The van der Waals surface area contributed by atoms with Gasteiger partial charge in [-0.1, -0.05) is 42.5 Å². The van der Waals surface area contributed by atoms with Crippen LogP contribution in [0.15, 0.2) is 59.8 Å². The van der Waals surface area contributed by atoms with Crippen LogP contribution in [0.25, 0.3) is 11.1 Å². The number of hydrogen-bond acceptors (Lipinski definition) is 5. The third-order valence-corrected chi connectivity index (χ3v) is 9.86. The molecular weight excluding hydrogens is 460 g/mol. The fourth-order valence-electron chi connectivity index (χ4n) is 5.82. The summed E-state index contributed by atoms with van der Waals surface area (Å²) in [6, 6.07) is 16.6. The molecule has 2 aliphatic rings. The van der Waals surface area contributed by atoms with E-state index in [0.717, 1.165) is 24.9 Å². The molecule has 3 atom stereocenters. The van der Waals surface area contributed by atoms with Crippen molar-refractivity contribution in [3.8, 4) is 11.1 Å². The van der Waals surface area contributed by atoms with Gasteiger partial charge in [0.25, 0.3) is 10.0 Å². The highest BCUT2D eigenvalue weighted by molar-refractivity contribution is 7.89. The lowest BCUT2D eigenvalue weighted by Gasteiger charge is -2.57. The average molecular weight is 495 g/mol. The van der Waals surface area contributed by atoms with E-state index >= 15 is 0 Å². The molecule has 186 valence electrons. The third kappa shape index (κ3) is 4.22. The van der Waals surface area contributed by atoms with Gasteiger partial charge in [-0.3, -0.25) is 9.58 Å². The Morgan fingerprint density at radius 2 is 1.77 bits per heavy atom. The van der Waals surface area contributed by atoms with Gasteiger partial charge < -0.3 is 5.11 Å². The van der Waals surface area contributed by atoms with E-state index in [1.54, 1.807) is 17.4 Å². The molecule has 0 saturated carbocycles. The SMILES string of the molecule is Cc1cccc(-c2ccc([C@@H]3[C@@H](CO)N4CCCCN(S(=O)(=O)c5ccnn5C)C[C@@H]34)cc2)c1C. The van der Waals surface area contributed by atoms with Gasteiger partial charge >= 0.3 is 0 Å². The second kappa shape index (κ2) is 9.50. The number of aliphatic hydroxyl groups excluding tert-OH is 1. The molecule has 7 nitrogen and oxygen atoms in total. The molecular formula is C27H34N4O3S. The molecule has 8 heteroatoms. The minimum Gasteiger partial charge on any atom is -0.395 e. The normalized spacial score (nSPS) is 23.8. The smallest absolute Gasteiger partial charge is 0.260 e. The Kier molecular flexibility index (Phi) is 6.57. The van der Waals surface area contributed by atoms with Crippen LogP contribution in [0, 0.1) is 13.8 Å². The van der Waals surface area contributed by atoms with Crippen LogP contribution in [0.3, 0.4) is 0 Å². The van der Waals surface area contributed by atoms with Crippen molar-refractivity contribution in [3.63, 3.8) is 0 Å². The second-order valence-corrected chi connectivity index (χ2v) is 11.7. The van der Waals surface area contributed by atoms with Gasteiger partial charge in [-0.15, -0.1) is 0 Å². The summed E-state index contributed by atoms with van der Waals surface area (Å²) >= 11 is 0. The van der Waals surface area contributed by atoms with Gasteiger partial charge in [0.2, 0.25) is 0 Å². The van der Waals surface area contributed by atoms with E-state index < -0.39 is 10.0 Å². The van der Waals surface area contributed by atoms with Crippen LogP contribution >= 0.6 is 0 Å². The minimum atomic E-state index is -3.65. The van der Waals surface area contributed by atoms with Crippen molar-refractivity contribution in [1.29, 1.82) is 0 Å². The number of hydrogen-bond donors (Lipinski definition) is 1. The average Bonchev–Trinajstić information content (AvgIpc) is 3.27. The van der Waals surface area contributed by atoms with Crippen LogP contribution < -0.4 is 0 Å². The molecule has 2 aromatic carbocycles. The predicted molar refractivity (Wildman–Crippen MR) is 137 cm³/mol. The largest absolute Gasteiger partial charge is 0.395 e. The quantitative estimate of drug-likeness (QED) is 0.589. The molecule has 0 spiro atoms. The first-order valence-electron chi connectivity index (χ1n) is 12.3. The molecule has 5 rings (SSSR count). The van der Waals surface area contributed by atoms with Crippen LogP contribution in [0.2, 0.25) is 0 Å². The second-order valence-electron chi connectivity index (χ2n) is 9.81. The summed E-state index contributed by atoms with van der Waals surface area (Å²) < 4.78 is 30.0. The first-order chi connectivity index (χ1) is 16.8. The van der Waals surface area contributed by atoms with Gasteiger partial charge in [0.15, 0.2) is 5.03 Å². The summed E-state index contributed by atoms with van der Waals surface area (Å²) in [7, 11) is -1.99. The van der Waals surface area contributed by atoms with Crippen LogP contribution in [-0.4, -0.2) is 70.8 Å². The zero-order valence-corrected chi connectivity index (χ0v) is 21.4. The van der Waals surface area contributed by atoms with Crippen molar-refractivity contribution in [3.05, 3.63) is 71.4 Å². The molecule has 0 aliphatic carbocycles. The Bertz CT molecular complexity index is 1300. The number of rotatable bonds is 5. The van der Waals surface area contributed by atoms with E-state index in [9.17, 15) is 13.5 Å². The summed E-state index contributed by atoms with van der Waals surface area (Å²) in [5.41, 5.74) is 6.09. The van der Waals surface area contributed by atoms with E-state index in [-0.39, 0.29) is 29.6 Å². The first kappa shape index (κ1) is 24.2. The van der Waals surface area contributed by atoms with Crippen molar-refractivity contribution >= 4 is 10.0 Å². The zero-order valence-electron chi connectivity index (χ0n) is 20.6. The highest BCUT2D eigenvalue weighted by atomic mass is 32.2. The molecule has 3 heterocycles. The van der Waals surface area contributed by atoms with Crippen LogP contribution in [-0.2, 0) is 17.1 Å². The van der Waals surface area contributed by atoms with Gasteiger partial charge in [0, 0.05) is 38.1 Å². The monoisotopic (exact) mass is 494 g/mol. The van der Waals surface area contributed by atoms with Crippen molar-refractivity contribution in [1.82, 2.24) is 19.0 Å². The minimum absolute atomic E-state index is 0.00547. The van der Waals surface area contributed by atoms with Crippen molar-refractivity contribution in [2.75, 3.05) is 26.2 Å². The highest BCUT2D eigenvalue weighted by Gasteiger charge is 2.50. The van der Waals surface area contributed by atoms with Gasteiger partial charge in [-0.05, 0) is 67.1 Å². The van der Waals surface area contributed by atoms with E-state index in [2.05, 4.69) is 66.3 Å². The summed E-state index contributed by atoms with van der Waals surface area (Å²) in [4.78, 5) is 2.30. The summed E-state index contributed by atoms with van der Waals surface area (Å²) in [6.07, 6.45) is 3.23. The fourth-order valence-corrected chi connectivity index (χ4v) is 7.42. The molecule has 0 amide bonds. The van der Waals surface area contributed by atoms with Crippen molar-refractivity contribution < 1.29 is 13.5 Å². The molecule has 2 aliphatic heterocycles. The Morgan fingerprint density at radius 1 is 1.03 bits per heavy atom. The molecule has 0 radical (unpaired) electrons. The van der Waals surface area contributed by atoms with Crippen LogP contribution in [0.5, 0.6) is 0 Å². The maximum atomic E-state index is 13.5. The number of benzene rings is 2. The molecule has 2 saturated heterocycles. The molecule has 2 fully saturated rings. The van der Waals surface area contributed by atoms with Gasteiger partial charge in [0.05, 0.1) is 12.8 Å². The summed E-state index contributed by atoms with van der Waals surface area (Å²) in [5, 5.41) is 14.5. The number of sulfonamides is 1. The Morgan fingerprint density at radius 3 is 2.46 bits per heavy atom. The Labute approximate surface area is 208 Å². The molecule has 1 aromatic heterocycles. The fraction of sp³-hybridized carbons (Fsp3) is 0.444. The van der Waals surface area contributed by atoms with E-state index in [0.29, 0.717) is 13.1 Å². The van der Waals surface area contributed by atoms with Crippen LogP contribution in [0.1, 0.15) is 35.4 Å². The Hall–Kier alpha value is -2.52. The van der Waals surface area contributed by atoms with E-state index in [1.807, 2.05) is 0 Å². The van der Waals surface area contributed by atoms with Crippen molar-refractivity contribution in [2.24, 2.45) is 7.05 Å². The molecule has 0 bridgehead atoms. The molecule has 0 unspecified atom stereocenters. The van der Waals surface area contributed by atoms with Gasteiger partial charge in [-0.2, -0.15) is 9.40 Å².